The van der Waals surface area contributed by atoms with Gasteiger partial charge in [0.05, 0.1) is 6.61 Å². The molecular formula is C20H19BrN2O4. The lowest BCUT2D eigenvalue weighted by Gasteiger charge is -2.14. The molecule has 0 spiro atoms. The third-order valence-electron chi connectivity index (χ3n) is 3.90. The van der Waals surface area contributed by atoms with Gasteiger partial charge >= 0.3 is 6.03 Å². The number of halogens is 1. The molecule has 2 N–H and O–H groups in total. The van der Waals surface area contributed by atoms with Crippen molar-refractivity contribution in [2.45, 2.75) is 20.5 Å². The molecule has 0 unspecified atom stereocenters. The number of hydrogen-bond donors (Lipinski definition) is 2. The molecule has 3 rings (SSSR count). The van der Waals surface area contributed by atoms with Crippen LogP contribution in [0.3, 0.4) is 0 Å². The molecule has 0 atom stereocenters. The molecular weight excluding hydrogens is 412 g/mol. The molecule has 0 radical (unpaired) electrons. The standard InChI is InChI=1S/C20H19BrN2O4/c1-3-26-17-9-14(8-16-19(24)23-20(25)22-16)15(21)10-18(17)27-11-13-6-4-12(2)5-7-13/h4-10H,3,11H2,1-2H3,(H2,22,23,24,25)/b16-8+. The van der Waals surface area contributed by atoms with Gasteiger partial charge in [-0.2, -0.15) is 0 Å². The minimum atomic E-state index is -0.537. The lowest BCUT2D eigenvalue weighted by Crippen LogP contribution is -2.22. The second-order valence-corrected chi connectivity index (χ2v) is 6.85. The number of amides is 3. The average molecular weight is 431 g/mol. The normalized spacial score (nSPS) is 14.9. The summed E-state index contributed by atoms with van der Waals surface area (Å²) in [6.45, 7) is 4.80. The van der Waals surface area contributed by atoms with Crippen LogP contribution in [0.15, 0.2) is 46.6 Å². The Morgan fingerprint density at radius 1 is 1.04 bits per heavy atom. The molecule has 0 aliphatic carbocycles. The summed E-state index contributed by atoms with van der Waals surface area (Å²) in [6, 6.07) is 11.1. The topological polar surface area (TPSA) is 76.7 Å². The van der Waals surface area contributed by atoms with Crippen LogP contribution in [-0.4, -0.2) is 18.5 Å². The average Bonchev–Trinajstić information content (AvgIpc) is 2.95. The molecule has 1 saturated heterocycles. The summed E-state index contributed by atoms with van der Waals surface area (Å²) in [4.78, 5) is 23.0. The molecule has 2 aromatic carbocycles. The highest BCUT2D eigenvalue weighted by molar-refractivity contribution is 9.10. The van der Waals surface area contributed by atoms with Crippen LogP contribution >= 0.6 is 15.9 Å². The van der Waals surface area contributed by atoms with E-state index in [9.17, 15) is 9.59 Å². The fourth-order valence-electron chi connectivity index (χ4n) is 2.53. The zero-order valence-electron chi connectivity index (χ0n) is 15.0. The Morgan fingerprint density at radius 3 is 2.37 bits per heavy atom. The first kappa shape index (κ1) is 19.0. The van der Waals surface area contributed by atoms with Crippen molar-refractivity contribution in [1.82, 2.24) is 10.6 Å². The maximum absolute atomic E-state index is 11.7. The maximum atomic E-state index is 11.7. The van der Waals surface area contributed by atoms with Gasteiger partial charge in [0.25, 0.3) is 5.91 Å². The Kier molecular flexibility index (Phi) is 5.81. The van der Waals surface area contributed by atoms with E-state index in [0.29, 0.717) is 34.7 Å². The Bertz CT molecular complexity index is 907. The summed E-state index contributed by atoms with van der Waals surface area (Å²) < 4.78 is 12.3. The van der Waals surface area contributed by atoms with Crippen molar-refractivity contribution >= 4 is 33.9 Å². The van der Waals surface area contributed by atoms with Gasteiger partial charge in [-0.15, -0.1) is 0 Å². The van der Waals surface area contributed by atoms with E-state index in [2.05, 4.69) is 26.6 Å². The molecule has 3 amide bonds. The SMILES string of the molecule is CCOc1cc(/C=C2/NC(=O)NC2=O)c(Br)cc1OCc1ccc(C)cc1. The second-order valence-electron chi connectivity index (χ2n) is 5.99. The first-order valence-corrected chi connectivity index (χ1v) is 9.24. The van der Waals surface area contributed by atoms with Gasteiger partial charge in [0.2, 0.25) is 0 Å². The van der Waals surface area contributed by atoms with Gasteiger partial charge in [-0.05, 0) is 43.2 Å². The molecule has 2 aromatic rings. The molecule has 0 saturated carbocycles. The fraction of sp³-hybridized carbons (Fsp3) is 0.200. The summed E-state index contributed by atoms with van der Waals surface area (Å²) in [5.74, 6) is 0.681. The quantitative estimate of drug-likeness (QED) is 0.537. The van der Waals surface area contributed by atoms with E-state index in [-0.39, 0.29) is 5.70 Å². The van der Waals surface area contributed by atoms with Gasteiger partial charge in [-0.3, -0.25) is 10.1 Å². The molecule has 7 heteroatoms. The first-order chi connectivity index (χ1) is 13.0. The minimum Gasteiger partial charge on any atom is -0.490 e. The highest BCUT2D eigenvalue weighted by Crippen LogP contribution is 2.35. The number of carbonyl (C=O) groups is 2. The molecule has 1 aliphatic rings. The number of hydrogen-bond acceptors (Lipinski definition) is 4. The van der Waals surface area contributed by atoms with Gasteiger partial charge in [0.1, 0.15) is 12.3 Å². The van der Waals surface area contributed by atoms with Crippen LogP contribution in [0.5, 0.6) is 11.5 Å². The molecule has 27 heavy (non-hydrogen) atoms. The number of ether oxygens (including phenoxy) is 2. The maximum Gasteiger partial charge on any atom is 0.326 e. The van der Waals surface area contributed by atoms with E-state index in [1.807, 2.05) is 38.1 Å². The number of urea groups is 1. The summed E-state index contributed by atoms with van der Waals surface area (Å²) in [7, 11) is 0. The van der Waals surface area contributed by atoms with Crippen molar-refractivity contribution in [3.05, 3.63) is 63.3 Å². The smallest absolute Gasteiger partial charge is 0.326 e. The van der Waals surface area contributed by atoms with Crippen molar-refractivity contribution in [1.29, 1.82) is 0 Å². The summed E-state index contributed by atoms with van der Waals surface area (Å²) in [6.07, 6.45) is 1.58. The van der Waals surface area contributed by atoms with Gasteiger partial charge in [-0.25, -0.2) is 4.79 Å². The summed E-state index contributed by atoms with van der Waals surface area (Å²) in [5.41, 5.74) is 3.11. The van der Waals surface area contributed by atoms with E-state index in [0.717, 1.165) is 5.56 Å². The number of benzene rings is 2. The van der Waals surface area contributed by atoms with Crippen LogP contribution in [0.1, 0.15) is 23.6 Å². The van der Waals surface area contributed by atoms with E-state index in [4.69, 9.17) is 9.47 Å². The van der Waals surface area contributed by atoms with Crippen molar-refractivity contribution in [2.75, 3.05) is 6.61 Å². The van der Waals surface area contributed by atoms with Crippen molar-refractivity contribution in [2.24, 2.45) is 0 Å². The number of nitrogens with one attached hydrogen (secondary N) is 2. The van der Waals surface area contributed by atoms with Gasteiger partial charge < -0.3 is 14.8 Å². The highest BCUT2D eigenvalue weighted by Gasteiger charge is 2.23. The van der Waals surface area contributed by atoms with Crippen LogP contribution in [0.4, 0.5) is 4.79 Å². The Balaban J connectivity index is 1.85. The number of carbonyl (C=O) groups excluding carboxylic acids is 2. The van der Waals surface area contributed by atoms with Crippen molar-refractivity contribution < 1.29 is 19.1 Å². The van der Waals surface area contributed by atoms with Crippen LogP contribution in [-0.2, 0) is 11.4 Å². The number of aryl methyl sites for hydroxylation is 1. The number of rotatable bonds is 6. The second kappa shape index (κ2) is 8.26. The third kappa shape index (κ3) is 4.68. The van der Waals surface area contributed by atoms with Crippen molar-refractivity contribution in [3.63, 3.8) is 0 Å². The lowest BCUT2D eigenvalue weighted by atomic mass is 10.1. The molecule has 0 bridgehead atoms. The Labute approximate surface area is 165 Å². The predicted octanol–water partition coefficient (Wildman–Crippen LogP) is 3.92. The van der Waals surface area contributed by atoms with Gasteiger partial charge in [-0.1, -0.05) is 45.8 Å². The molecule has 140 valence electrons. The fourth-order valence-corrected chi connectivity index (χ4v) is 2.96. The van der Waals surface area contributed by atoms with Gasteiger partial charge in [0.15, 0.2) is 11.5 Å². The largest absolute Gasteiger partial charge is 0.490 e. The van der Waals surface area contributed by atoms with Crippen molar-refractivity contribution in [3.8, 4) is 11.5 Å². The molecule has 1 heterocycles. The van der Waals surface area contributed by atoms with E-state index < -0.39 is 11.9 Å². The van der Waals surface area contributed by atoms with Crippen LogP contribution in [0.25, 0.3) is 6.08 Å². The minimum absolute atomic E-state index is 0.177. The summed E-state index contributed by atoms with van der Waals surface area (Å²) >= 11 is 3.49. The monoisotopic (exact) mass is 430 g/mol. The molecule has 0 aromatic heterocycles. The summed E-state index contributed by atoms with van der Waals surface area (Å²) in [5, 5.41) is 4.64. The van der Waals surface area contributed by atoms with E-state index >= 15 is 0 Å². The third-order valence-corrected chi connectivity index (χ3v) is 4.58. The lowest BCUT2D eigenvalue weighted by molar-refractivity contribution is -0.115. The van der Waals surface area contributed by atoms with E-state index in [1.54, 1.807) is 18.2 Å². The zero-order valence-corrected chi connectivity index (χ0v) is 16.6. The van der Waals surface area contributed by atoms with Crippen LogP contribution in [0.2, 0.25) is 0 Å². The molecule has 1 aliphatic heterocycles. The zero-order chi connectivity index (χ0) is 19.4. The molecule has 6 nitrogen and oxygen atoms in total. The first-order valence-electron chi connectivity index (χ1n) is 8.45. The molecule has 1 fully saturated rings. The van der Waals surface area contributed by atoms with Crippen LogP contribution in [0, 0.1) is 6.92 Å². The number of imide groups is 1. The van der Waals surface area contributed by atoms with Gasteiger partial charge in [0, 0.05) is 4.47 Å². The van der Waals surface area contributed by atoms with Crippen LogP contribution < -0.4 is 20.1 Å². The predicted molar refractivity (Wildman–Crippen MR) is 105 cm³/mol. The Morgan fingerprint density at radius 2 is 1.74 bits per heavy atom. The highest BCUT2D eigenvalue weighted by atomic mass is 79.9. The Hall–Kier alpha value is -2.80. The van der Waals surface area contributed by atoms with E-state index in [1.165, 1.54) is 5.56 Å².